The fourth-order valence-corrected chi connectivity index (χ4v) is 4.41. The summed E-state index contributed by atoms with van der Waals surface area (Å²) in [5.41, 5.74) is 3.44. The van der Waals surface area contributed by atoms with Crippen LogP contribution in [0.25, 0.3) is 16.7 Å². The molecule has 0 aliphatic heterocycles. The molecule has 0 atom stereocenters. The Hall–Kier alpha value is -3.72. The number of nitrogens with zero attached hydrogens (tertiary/aromatic N) is 3. The van der Waals surface area contributed by atoms with Gasteiger partial charge in [-0.3, -0.25) is 4.72 Å². The zero-order chi connectivity index (χ0) is 22.3. The lowest BCUT2D eigenvalue weighted by molar-refractivity contribution is 0.0696. The summed E-state index contributed by atoms with van der Waals surface area (Å²) in [7, 11) is -3.97. The average Bonchev–Trinajstić information content (AvgIpc) is 3.08. The Balaban J connectivity index is 1.77. The first-order chi connectivity index (χ1) is 14.7. The number of aromatic carboxylic acids is 1. The van der Waals surface area contributed by atoms with Crippen LogP contribution < -0.4 is 4.72 Å². The number of aryl methyl sites for hydroxylation is 3. The quantitative estimate of drug-likeness (QED) is 0.491. The lowest BCUT2D eigenvalue weighted by Gasteiger charge is -2.12. The third-order valence-corrected chi connectivity index (χ3v) is 6.30. The van der Waals surface area contributed by atoms with Crippen LogP contribution >= 0.6 is 0 Å². The van der Waals surface area contributed by atoms with Gasteiger partial charge < -0.3 is 5.11 Å². The van der Waals surface area contributed by atoms with Gasteiger partial charge in [0.15, 0.2) is 5.82 Å². The highest BCUT2D eigenvalue weighted by molar-refractivity contribution is 7.92. The highest BCUT2D eigenvalue weighted by Gasteiger charge is 2.20. The number of carboxylic acids is 1. The monoisotopic (exact) mass is 436 g/mol. The number of anilines is 1. The van der Waals surface area contributed by atoms with Gasteiger partial charge in [-0.15, -0.1) is 0 Å². The molecule has 4 aromatic rings. The third kappa shape index (κ3) is 3.87. The molecule has 0 bridgehead atoms. The van der Waals surface area contributed by atoms with E-state index in [9.17, 15) is 13.2 Å². The molecule has 158 valence electrons. The fraction of sp³-hybridized carbons (Fsp3) is 0.136. The minimum Gasteiger partial charge on any atom is -0.478 e. The molecule has 2 N–H and O–H groups in total. The van der Waals surface area contributed by atoms with Crippen LogP contribution in [0.5, 0.6) is 0 Å². The Morgan fingerprint density at radius 2 is 1.71 bits per heavy atom. The van der Waals surface area contributed by atoms with E-state index in [1.54, 1.807) is 13.0 Å². The van der Waals surface area contributed by atoms with Crippen LogP contribution in [0.4, 0.5) is 5.82 Å². The van der Waals surface area contributed by atoms with E-state index < -0.39 is 16.0 Å². The average molecular weight is 436 g/mol. The van der Waals surface area contributed by atoms with E-state index >= 15 is 0 Å². The molecule has 9 heteroatoms. The maximum absolute atomic E-state index is 12.9. The summed E-state index contributed by atoms with van der Waals surface area (Å²) in [5.74, 6) is -0.398. The molecular formula is C22H20N4O4S. The van der Waals surface area contributed by atoms with Gasteiger partial charge in [0, 0.05) is 11.5 Å². The van der Waals surface area contributed by atoms with Crippen molar-refractivity contribution in [3.63, 3.8) is 0 Å². The summed E-state index contributed by atoms with van der Waals surface area (Å²) in [6, 6.07) is 14.4. The molecular weight excluding hydrogens is 416 g/mol. The number of para-hydroxylation sites is 1. The van der Waals surface area contributed by atoms with Crippen molar-refractivity contribution in [1.29, 1.82) is 0 Å². The second kappa shape index (κ2) is 7.51. The lowest BCUT2D eigenvalue weighted by Crippen LogP contribution is -2.16. The molecule has 0 saturated carbocycles. The summed E-state index contributed by atoms with van der Waals surface area (Å²) in [6.45, 7) is 5.70. The SMILES string of the molecule is Cc1cc(NS(=O)(=O)c2ccc(C(=O)O)cc2)n(-c2cc(C)c3cccc(C)c3n2)n1. The highest BCUT2D eigenvalue weighted by atomic mass is 32.2. The topological polar surface area (TPSA) is 114 Å². The van der Waals surface area contributed by atoms with E-state index in [0.717, 1.165) is 22.0 Å². The van der Waals surface area contributed by atoms with Gasteiger partial charge in [-0.05, 0) is 62.2 Å². The smallest absolute Gasteiger partial charge is 0.335 e. The minimum absolute atomic E-state index is 0.00560. The van der Waals surface area contributed by atoms with Crippen molar-refractivity contribution < 1.29 is 18.3 Å². The molecule has 2 aromatic heterocycles. The first-order valence-corrected chi connectivity index (χ1v) is 10.9. The zero-order valence-corrected chi connectivity index (χ0v) is 17.9. The predicted octanol–water partition coefficient (Wildman–Crippen LogP) is 3.84. The maximum atomic E-state index is 12.9. The fourth-order valence-electron chi connectivity index (χ4n) is 3.37. The number of hydrogen-bond acceptors (Lipinski definition) is 5. The van der Waals surface area contributed by atoms with Crippen LogP contribution in [0, 0.1) is 20.8 Å². The van der Waals surface area contributed by atoms with E-state index in [4.69, 9.17) is 10.1 Å². The number of sulfonamides is 1. The molecule has 0 saturated heterocycles. The number of pyridine rings is 1. The van der Waals surface area contributed by atoms with Crippen molar-refractivity contribution >= 4 is 32.7 Å². The lowest BCUT2D eigenvalue weighted by atomic mass is 10.1. The van der Waals surface area contributed by atoms with Crippen LogP contribution in [0.2, 0.25) is 0 Å². The number of carbonyl (C=O) groups is 1. The molecule has 4 rings (SSSR count). The molecule has 31 heavy (non-hydrogen) atoms. The Kier molecular flexibility index (Phi) is 4.98. The number of hydrogen-bond donors (Lipinski definition) is 2. The molecule has 8 nitrogen and oxygen atoms in total. The van der Waals surface area contributed by atoms with Gasteiger partial charge in [0.05, 0.1) is 21.7 Å². The van der Waals surface area contributed by atoms with Crippen LogP contribution in [0.3, 0.4) is 0 Å². The molecule has 0 spiro atoms. The normalized spacial score (nSPS) is 11.6. The second-order valence-electron chi connectivity index (χ2n) is 7.29. The molecule has 0 fully saturated rings. The molecule has 0 aliphatic carbocycles. The van der Waals surface area contributed by atoms with E-state index in [1.807, 2.05) is 38.1 Å². The van der Waals surface area contributed by atoms with Crippen molar-refractivity contribution in [1.82, 2.24) is 14.8 Å². The van der Waals surface area contributed by atoms with Gasteiger partial charge in [-0.1, -0.05) is 18.2 Å². The number of benzene rings is 2. The van der Waals surface area contributed by atoms with E-state index in [0.29, 0.717) is 11.5 Å². The second-order valence-corrected chi connectivity index (χ2v) is 8.97. The van der Waals surface area contributed by atoms with Crippen LogP contribution in [0.1, 0.15) is 27.2 Å². The highest BCUT2D eigenvalue weighted by Crippen LogP contribution is 2.25. The summed E-state index contributed by atoms with van der Waals surface area (Å²) in [5, 5.41) is 14.5. The Labute approximate surface area is 179 Å². The van der Waals surface area contributed by atoms with Gasteiger partial charge in [0.1, 0.15) is 5.82 Å². The third-order valence-electron chi connectivity index (χ3n) is 4.93. The van der Waals surface area contributed by atoms with E-state index in [1.165, 1.54) is 28.9 Å². The van der Waals surface area contributed by atoms with Gasteiger partial charge in [-0.2, -0.15) is 9.78 Å². The van der Waals surface area contributed by atoms with Crippen molar-refractivity contribution in [2.75, 3.05) is 4.72 Å². The van der Waals surface area contributed by atoms with Gasteiger partial charge in [-0.25, -0.2) is 18.2 Å². The van der Waals surface area contributed by atoms with Crippen LogP contribution in [-0.4, -0.2) is 34.3 Å². The largest absolute Gasteiger partial charge is 0.478 e. The Morgan fingerprint density at radius 1 is 1.00 bits per heavy atom. The van der Waals surface area contributed by atoms with Crippen LogP contribution in [-0.2, 0) is 10.0 Å². The van der Waals surface area contributed by atoms with E-state index in [2.05, 4.69) is 9.82 Å². The van der Waals surface area contributed by atoms with Crippen molar-refractivity contribution in [2.45, 2.75) is 25.7 Å². The number of carboxylic acid groups (broad SMARTS) is 1. The summed E-state index contributed by atoms with van der Waals surface area (Å²) >= 11 is 0. The van der Waals surface area contributed by atoms with Crippen molar-refractivity contribution in [3.05, 3.63) is 77.0 Å². The number of aromatic nitrogens is 3. The minimum atomic E-state index is -3.97. The molecule has 2 heterocycles. The van der Waals surface area contributed by atoms with Crippen molar-refractivity contribution in [2.24, 2.45) is 0 Å². The standard InChI is InChI=1S/C22H20N4O4S/c1-13-5-4-6-18-14(2)11-19(23-21(13)18)26-20(12-15(3)24-26)25-31(29,30)17-9-7-16(8-10-17)22(27)28/h4-12,25H,1-3H3,(H,27,28). The molecule has 0 unspecified atom stereocenters. The number of nitrogens with one attached hydrogen (secondary N) is 1. The Bertz CT molecular complexity index is 1420. The van der Waals surface area contributed by atoms with Crippen LogP contribution in [0.15, 0.2) is 59.5 Å². The number of rotatable bonds is 5. The van der Waals surface area contributed by atoms with Gasteiger partial charge in [0.2, 0.25) is 0 Å². The summed E-state index contributed by atoms with van der Waals surface area (Å²) in [6.07, 6.45) is 0. The van der Waals surface area contributed by atoms with E-state index in [-0.39, 0.29) is 16.3 Å². The molecule has 0 amide bonds. The Morgan fingerprint density at radius 3 is 2.39 bits per heavy atom. The summed E-state index contributed by atoms with van der Waals surface area (Å²) < 4.78 is 29.8. The maximum Gasteiger partial charge on any atom is 0.335 e. The predicted molar refractivity (Wildman–Crippen MR) is 117 cm³/mol. The molecule has 0 radical (unpaired) electrons. The van der Waals surface area contributed by atoms with Crippen molar-refractivity contribution in [3.8, 4) is 5.82 Å². The zero-order valence-electron chi connectivity index (χ0n) is 17.1. The number of fused-ring (bicyclic) bond motifs is 1. The van der Waals surface area contributed by atoms with Gasteiger partial charge >= 0.3 is 5.97 Å². The first-order valence-electron chi connectivity index (χ1n) is 9.46. The first kappa shape index (κ1) is 20.5. The molecule has 2 aromatic carbocycles. The summed E-state index contributed by atoms with van der Waals surface area (Å²) in [4.78, 5) is 15.7. The molecule has 0 aliphatic rings. The van der Waals surface area contributed by atoms with Gasteiger partial charge in [0.25, 0.3) is 10.0 Å².